The highest BCUT2D eigenvalue weighted by molar-refractivity contribution is 7.97. The van der Waals surface area contributed by atoms with E-state index < -0.39 is 11.7 Å². The lowest BCUT2D eigenvalue weighted by atomic mass is 9.87. The summed E-state index contributed by atoms with van der Waals surface area (Å²) in [6, 6.07) is 9.68. The van der Waals surface area contributed by atoms with Gasteiger partial charge in [0.05, 0.1) is 16.8 Å². The first-order valence-corrected chi connectivity index (χ1v) is 9.48. The highest BCUT2D eigenvalue weighted by Crippen LogP contribution is 2.34. The molecular weight excluding hydrogens is 387 g/mol. The molecule has 0 spiro atoms. The highest BCUT2D eigenvalue weighted by Gasteiger charge is 2.32. The second-order valence-corrected chi connectivity index (χ2v) is 7.56. The molecule has 144 valence electrons. The first-order chi connectivity index (χ1) is 13.4. The molecule has 1 aliphatic carbocycles. The van der Waals surface area contributed by atoms with Crippen LogP contribution in [0.3, 0.4) is 0 Å². The van der Waals surface area contributed by atoms with Gasteiger partial charge < -0.3 is 10.3 Å². The number of rotatable bonds is 5. The summed E-state index contributed by atoms with van der Waals surface area (Å²) >= 11 is 1.21. The summed E-state index contributed by atoms with van der Waals surface area (Å²) in [6.45, 7) is 0. The van der Waals surface area contributed by atoms with Crippen molar-refractivity contribution in [2.24, 2.45) is 0 Å². The zero-order valence-electron chi connectivity index (χ0n) is 14.5. The fourth-order valence-corrected chi connectivity index (χ4v) is 4.00. The van der Waals surface area contributed by atoms with Gasteiger partial charge in [0.2, 0.25) is 0 Å². The maximum Gasteiger partial charge on any atom is 0.416 e. The Morgan fingerprint density at radius 2 is 2.04 bits per heavy atom. The molecule has 3 N–H and O–H groups in total. The van der Waals surface area contributed by atoms with Gasteiger partial charge in [0.25, 0.3) is 0 Å². The number of nitrogens with one attached hydrogen (secondary N) is 3. The van der Waals surface area contributed by atoms with Gasteiger partial charge in [0.15, 0.2) is 0 Å². The molecule has 0 saturated heterocycles. The van der Waals surface area contributed by atoms with E-state index in [1.54, 1.807) is 18.5 Å². The number of benzene rings is 1. The summed E-state index contributed by atoms with van der Waals surface area (Å²) in [4.78, 5) is 7.77. The van der Waals surface area contributed by atoms with E-state index in [9.17, 15) is 18.4 Å². The monoisotopic (exact) mass is 403 g/mol. The van der Waals surface area contributed by atoms with Crippen molar-refractivity contribution in [1.29, 1.82) is 5.26 Å². The van der Waals surface area contributed by atoms with Crippen LogP contribution in [-0.2, 0) is 6.18 Å². The van der Waals surface area contributed by atoms with Crippen LogP contribution >= 0.6 is 11.9 Å². The lowest BCUT2D eigenvalue weighted by Gasteiger charge is -2.37. The second-order valence-electron chi connectivity index (χ2n) is 6.65. The normalized spacial score (nSPS) is 19.2. The van der Waals surface area contributed by atoms with Gasteiger partial charge in [-0.3, -0.25) is 4.72 Å². The van der Waals surface area contributed by atoms with Crippen LogP contribution in [0.15, 0.2) is 47.6 Å². The number of nitriles is 1. The van der Waals surface area contributed by atoms with Crippen molar-refractivity contribution in [1.82, 2.24) is 14.7 Å². The molecule has 2 aromatic heterocycles. The molecule has 5 nitrogen and oxygen atoms in total. The number of hydrogen-bond donors (Lipinski definition) is 3. The van der Waals surface area contributed by atoms with Gasteiger partial charge >= 0.3 is 6.18 Å². The molecule has 1 aromatic carbocycles. The van der Waals surface area contributed by atoms with E-state index in [0.29, 0.717) is 10.5 Å². The number of H-pyrrole nitrogens is 1. The predicted molar refractivity (Wildman–Crippen MR) is 102 cm³/mol. The smallest absolute Gasteiger partial charge is 0.380 e. The van der Waals surface area contributed by atoms with Crippen LogP contribution in [0.1, 0.15) is 24.0 Å². The molecule has 0 radical (unpaired) electrons. The molecule has 0 bridgehead atoms. The number of alkyl halides is 3. The topological polar surface area (TPSA) is 76.5 Å². The summed E-state index contributed by atoms with van der Waals surface area (Å²) in [5, 5.41) is 13.6. The standard InChI is InChI=1S/C19H16F3N5S/c20-19(21,22)12-2-1-3-15(6-12)28-27-14-7-13(8-14)26-17-11(9-23)10-25-18-16(17)4-5-24-18/h1-6,10,13-14,27H,7-8H2,(H2,24,25,26)/t13-,14+. The van der Waals surface area contributed by atoms with Gasteiger partial charge in [0, 0.05) is 34.8 Å². The Balaban J connectivity index is 1.34. The number of fused-ring (bicyclic) bond motifs is 1. The molecule has 3 aromatic rings. The minimum absolute atomic E-state index is 0.186. The summed E-state index contributed by atoms with van der Waals surface area (Å²) in [7, 11) is 0. The molecule has 1 saturated carbocycles. The number of pyridine rings is 1. The van der Waals surface area contributed by atoms with Crippen LogP contribution in [0.2, 0.25) is 0 Å². The van der Waals surface area contributed by atoms with Gasteiger partial charge in [-0.15, -0.1) is 0 Å². The first kappa shape index (κ1) is 18.7. The fourth-order valence-electron chi connectivity index (χ4n) is 3.17. The molecule has 0 amide bonds. The molecule has 0 unspecified atom stereocenters. The molecular formula is C19H16F3N5S. The van der Waals surface area contributed by atoms with Crippen LogP contribution < -0.4 is 10.0 Å². The van der Waals surface area contributed by atoms with Crippen molar-refractivity contribution in [3.05, 3.63) is 53.9 Å². The minimum atomic E-state index is -4.34. The average Bonchev–Trinajstić information content (AvgIpc) is 3.12. The van der Waals surface area contributed by atoms with Gasteiger partial charge in [-0.05, 0) is 49.1 Å². The van der Waals surface area contributed by atoms with Crippen molar-refractivity contribution in [2.75, 3.05) is 5.32 Å². The third-order valence-corrected chi connectivity index (χ3v) is 5.64. The Labute approximate surface area is 163 Å². The number of halogens is 3. The van der Waals surface area contributed by atoms with Crippen molar-refractivity contribution in [3.63, 3.8) is 0 Å². The molecule has 28 heavy (non-hydrogen) atoms. The summed E-state index contributed by atoms with van der Waals surface area (Å²) in [5.41, 5.74) is 1.32. The van der Waals surface area contributed by atoms with Gasteiger partial charge in [-0.2, -0.15) is 18.4 Å². The Bertz CT molecular complexity index is 1030. The third kappa shape index (κ3) is 3.79. The largest absolute Gasteiger partial charge is 0.416 e. The maximum absolute atomic E-state index is 12.8. The third-order valence-electron chi connectivity index (χ3n) is 4.70. The number of aromatic amines is 1. The van der Waals surface area contributed by atoms with Crippen LogP contribution in [-0.4, -0.2) is 22.1 Å². The number of hydrogen-bond acceptors (Lipinski definition) is 5. The van der Waals surface area contributed by atoms with Crippen LogP contribution in [0, 0.1) is 11.3 Å². The predicted octanol–water partition coefficient (Wildman–Crippen LogP) is 4.69. The first-order valence-electron chi connectivity index (χ1n) is 8.66. The van der Waals surface area contributed by atoms with Crippen molar-refractivity contribution < 1.29 is 13.2 Å². The second kappa shape index (κ2) is 7.37. The summed E-state index contributed by atoms with van der Waals surface area (Å²) in [5.74, 6) is 0. The van der Waals surface area contributed by atoms with Gasteiger partial charge in [-0.25, -0.2) is 4.98 Å². The minimum Gasteiger partial charge on any atom is -0.380 e. The Hall–Kier alpha value is -2.70. The highest BCUT2D eigenvalue weighted by atomic mass is 32.2. The van der Waals surface area contributed by atoms with Gasteiger partial charge in [-0.1, -0.05) is 6.07 Å². The lowest BCUT2D eigenvalue weighted by molar-refractivity contribution is -0.137. The molecule has 0 atom stereocenters. The molecule has 1 fully saturated rings. The van der Waals surface area contributed by atoms with Gasteiger partial charge in [0.1, 0.15) is 11.7 Å². The molecule has 1 aliphatic rings. The molecule has 2 heterocycles. The molecule has 0 aliphatic heterocycles. The van der Waals surface area contributed by atoms with Crippen molar-refractivity contribution in [3.8, 4) is 6.07 Å². The quantitative estimate of drug-likeness (QED) is 0.539. The van der Waals surface area contributed by atoms with E-state index >= 15 is 0 Å². The van der Waals surface area contributed by atoms with E-state index in [0.717, 1.165) is 41.7 Å². The zero-order valence-corrected chi connectivity index (χ0v) is 15.4. The number of nitrogens with zero attached hydrogens (tertiary/aromatic N) is 2. The zero-order chi connectivity index (χ0) is 19.7. The van der Waals surface area contributed by atoms with E-state index in [1.807, 2.05) is 6.07 Å². The average molecular weight is 403 g/mol. The summed E-state index contributed by atoms with van der Waals surface area (Å²) < 4.78 is 41.6. The SMILES string of the molecule is N#Cc1cnc2[nH]ccc2c1N[C@H]1C[C@@H](NSc2cccc(C(F)(F)F)c2)C1. The molecule has 9 heteroatoms. The van der Waals surface area contributed by atoms with Crippen LogP contribution in [0.25, 0.3) is 11.0 Å². The van der Waals surface area contributed by atoms with E-state index in [2.05, 4.69) is 26.1 Å². The Morgan fingerprint density at radius 1 is 1.21 bits per heavy atom. The number of aromatic nitrogens is 2. The van der Waals surface area contributed by atoms with Crippen molar-refractivity contribution in [2.45, 2.75) is 36.0 Å². The number of anilines is 1. The fraction of sp³-hybridized carbons (Fsp3) is 0.263. The van der Waals surface area contributed by atoms with E-state index in [4.69, 9.17) is 0 Å². The summed E-state index contributed by atoms with van der Waals surface area (Å²) in [6.07, 6.45) is 0.602. The van der Waals surface area contributed by atoms with E-state index in [-0.39, 0.29) is 12.1 Å². The molecule has 4 rings (SSSR count). The Morgan fingerprint density at radius 3 is 2.79 bits per heavy atom. The van der Waals surface area contributed by atoms with Crippen molar-refractivity contribution >= 4 is 28.7 Å². The van der Waals surface area contributed by atoms with Crippen LogP contribution in [0.5, 0.6) is 0 Å². The maximum atomic E-state index is 12.8. The van der Waals surface area contributed by atoms with Crippen LogP contribution in [0.4, 0.5) is 18.9 Å². The Kier molecular flexibility index (Phi) is 4.91. The lowest BCUT2D eigenvalue weighted by Crippen LogP contribution is -2.45. The van der Waals surface area contributed by atoms with E-state index in [1.165, 1.54) is 18.0 Å².